The predicted molar refractivity (Wildman–Crippen MR) is 101 cm³/mol. The average molecular weight is 371 g/mol. The first-order chi connectivity index (χ1) is 12.0. The highest BCUT2D eigenvalue weighted by Gasteiger charge is 2.37. The molecule has 25 heavy (non-hydrogen) atoms. The lowest BCUT2D eigenvalue weighted by molar-refractivity contribution is -0.131. The van der Waals surface area contributed by atoms with E-state index in [2.05, 4.69) is 23.6 Å². The molecular formula is C19H34N2O3S. The second-order valence-corrected chi connectivity index (χ2v) is 9.81. The molecule has 0 aromatic rings. The standard InChI is InChI=1S/C19H34N2O3S/c1-15(17-13-25(23)14-17)3-5-18(21-11-19(22)12-21)6-4-16(2)20-7-9-24-10-8-20/h15-18H,3-14H2,1-2H3. The third-order valence-electron chi connectivity index (χ3n) is 6.42. The third-order valence-corrected chi connectivity index (χ3v) is 8.02. The molecule has 0 saturated carbocycles. The van der Waals surface area contributed by atoms with Crippen LogP contribution in [0.1, 0.15) is 39.5 Å². The van der Waals surface area contributed by atoms with Crippen LogP contribution in [-0.4, -0.2) is 83.1 Å². The minimum absolute atomic E-state index is 0.383. The van der Waals surface area contributed by atoms with E-state index in [1.807, 2.05) is 0 Å². The average Bonchev–Trinajstić information content (AvgIpc) is 2.57. The Morgan fingerprint density at radius 3 is 2.32 bits per heavy atom. The van der Waals surface area contributed by atoms with E-state index >= 15 is 0 Å². The minimum Gasteiger partial charge on any atom is -0.616 e. The lowest BCUT2D eigenvalue weighted by atomic mass is 9.88. The fourth-order valence-electron chi connectivity index (χ4n) is 4.26. The van der Waals surface area contributed by atoms with Crippen LogP contribution in [0, 0.1) is 11.8 Å². The summed E-state index contributed by atoms with van der Waals surface area (Å²) in [5, 5.41) is 0. The zero-order valence-electron chi connectivity index (χ0n) is 15.8. The van der Waals surface area contributed by atoms with Gasteiger partial charge in [0.25, 0.3) is 0 Å². The quantitative estimate of drug-likeness (QED) is 0.576. The van der Waals surface area contributed by atoms with Crippen molar-refractivity contribution in [1.29, 1.82) is 0 Å². The zero-order valence-corrected chi connectivity index (χ0v) is 16.6. The molecule has 3 aliphatic rings. The van der Waals surface area contributed by atoms with E-state index in [9.17, 15) is 9.35 Å². The molecule has 3 saturated heterocycles. The number of hydrogen-bond acceptors (Lipinski definition) is 5. The van der Waals surface area contributed by atoms with E-state index in [0.717, 1.165) is 37.8 Å². The molecule has 6 heteroatoms. The zero-order chi connectivity index (χ0) is 17.8. The topological polar surface area (TPSA) is 55.8 Å². The van der Waals surface area contributed by atoms with Crippen LogP contribution < -0.4 is 0 Å². The van der Waals surface area contributed by atoms with Gasteiger partial charge in [-0.3, -0.25) is 14.6 Å². The van der Waals surface area contributed by atoms with Gasteiger partial charge in [-0.05, 0) is 38.5 Å². The number of rotatable bonds is 9. The van der Waals surface area contributed by atoms with Gasteiger partial charge in [-0.15, -0.1) is 0 Å². The maximum absolute atomic E-state index is 11.4. The second kappa shape index (κ2) is 9.18. The Hall–Kier alpha value is -0.140. The van der Waals surface area contributed by atoms with E-state index in [1.165, 1.54) is 25.7 Å². The molecule has 144 valence electrons. The number of ether oxygens (including phenoxy) is 1. The van der Waals surface area contributed by atoms with E-state index < -0.39 is 11.2 Å². The van der Waals surface area contributed by atoms with Crippen molar-refractivity contribution in [3.8, 4) is 0 Å². The van der Waals surface area contributed by atoms with Crippen LogP contribution in [0.4, 0.5) is 0 Å². The van der Waals surface area contributed by atoms with Crippen molar-refractivity contribution >= 4 is 17.0 Å². The summed E-state index contributed by atoms with van der Waals surface area (Å²) in [5.41, 5.74) is 0. The van der Waals surface area contributed by atoms with Crippen molar-refractivity contribution < 1.29 is 14.1 Å². The molecule has 3 rings (SSSR count). The Kier molecular flexibility index (Phi) is 7.20. The molecule has 0 aliphatic carbocycles. The summed E-state index contributed by atoms with van der Waals surface area (Å²) < 4.78 is 16.8. The molecule has 3 fully saturated rings. The molecule has 0 spiro atoms. The number of hydrogen-bond donors (Lipinski definition) is 0. The van der Waals surface area contributed by atoms with E-state index in [0.29, 0.717) is 42.8 Å². The Bertz CT molecular complexity index is 430. The van der Waals surface area contributed by atoms with Gasteiger partial charge < -0.3 is 9.29 Å². The fourth-order valence-corrected chi connectivity index (χ4v) is 5.77. The smallest absolute Gasteiger partial charge is 0.160 e. The van der Waals surface area contributed by atoms with E-state index in [1.54, 1.807) is 0 Å². The van der Waals surface area contributed by atoms with Crippen molar-refractivity contribution in [3.63, 3.8) is 0 Å². The highest BCUT2D eigenvalue weighted by Crippen LogP contribution is 2.31. The lowest BCUT2D eigenvalue weighted by Crippen LogP contribution is -2.53. The van der Waals surface area contributed by atoms with Crippen LogP contribution in [-0.2, 0) is 20.7 Å². The molecule has 0 amide bonds. The summed E-state index contributed by atoms with van der Waals surface area (Å²) in [6.07, 6.45) is 4.74. The van der Waals surface area contributed by atoms with Gasteiger partial charge in [0.15, 0.2) is 5.78 Å². The highest BCUT2D eigenvalue weighted by atomic mass is 32.2. The number of carbonyl (C=O) groups is 1. The second-order valence-electron chi connectivity index (χ2n) is 8.26. The molecular weight excluding hydrogens is 336 g/mol. The molecule has 3 unspecified atom stereocenters. The Labute approximate surface area is 155 Å². The van der Waals surface area contributed by atoms with E-state index in [-0.39, 0.29) is 0 Å². The SMILES string of the molecule is CC(CCC(CCC(C)N1CCOCC1)N1CC(=O)C1)C1C[S+]([O-])C1. The summed E-state index contributed by atoms with van der Waals surface area (Å²) in [6.45, 7) is 9.75. The number of Topliss-reactive ketones (excluding diaryl/α,β-unsaturated/α-hetero) is 1. The van der Waals surface area contributed by atoms with Crippen molar-refractivity contribution in [1.82, 2.24) is 9.80 Å². The van der Waals surface area contributed by atoms with Crippen molar-refractivity contribution in [2.24, 2.45) is 11.8 Å². The maximum Gasteiger partial charge on any atom is 0.160 e. The first-order valence-electron chi connectivity index (χ1n) is 9.95. The number of morpholine rings is 1. The van der Waals surface area contributed by atoms with Crippen LogP contribution in [0.25, 0.3) is 0 Å². The summed E-state index contributed by atoms with van der Waals surface area (Å²) in [6, 6.07) is 1.13. The largest absolute Gasteiger partial charge is 0.616 e. The van der Waals surface area contributed by atoms with Gasteiger partial charge in [-0.2, -0.15) is 0 Å². The molecule has 3 heterocycles. The van der Waals surface area contributed by atoms with E-state index in [4.69, 9.17) is 4.74 Å². The normalized spacial score (nSPS) is 31.9. The van der Waals surface area contributed by atoms with Gasteiger partial charge in [0, 0.05) is 25.2 Å². The summed E-state index contributed by atoms with van der Waals surface area (Å²) in [5.74, 6) is 3.51. The van der Waals surface area contributed by atoms with Crippen LogP contribution in [0.15, 0.2) is 0 Å². The van der Waals surface area contributed by atoms with Crippen LogP contribution in [0.3, 0.4) is 0 Å². The first-order valence-corrected chi connectivity index (χ1v) is 11.4. The van der Waals surface area contributed by atoms with Crippen molar-refractivity contribution in [3.05, 3.63) is 0 Å². The van der Waals surface area contributed by atoms with Gasteiger partial charge in [0.1, 0.15) is 11.5 Å². The van der Waals surface area contributed by atoms with Crippen molar-refractivity contribution in [2.75, 3.05) is 50.9 Å². The summed E-state index contributed by atoms with van der Waals surface area (Å²) in [7, 11) is 0. The number of carbonyl (C=O) groups excluding carboxylic acids is 1. The van der Waals surface area contributed by atoms with Gasteiger partial charge in [0.2, 0.25) is 0 Å². The molecule has 3 aliphatic heterocycles. The molecule has 3 atom stereocenters. The number of ketones is 1. The van der Waals surface area contributed by atoms with Gasteiger partial charge in [-0.1, -0.05) is 18.1 Å². The van der Waals surface area contributed by atoms with Crippen molar-refractivity contribution in [2.45, 2.75) is 51.6 Å². The number of nitrogens with zero attached hydrogens (tertiary/aromatic N) is 2. The Balaban J connectivity index is 1.43. The first kappa shape index (κ1) is 19.6. The van der Waals surface area contributed by atoms with Crippen LogP contribution in [0.2, 0.25) is 0 Å². The van der Waals surface area contributed by atoms with Crippen LogP contribution >= 0.6 is 0 Å². The molecule has 0 radical (unpaired) electrons. The van der Waals surface area contributed by atoms with Gasteiger partial charge >= 0.3 is 0 Å². The summed E-state index contributed by atoms with van der Waals surface area (Å²) in [4.78, 5) is 16.4. The lowest BCUT2D eigenvalue weighted by Gasteiger charge is -2.40. The highest BCUT2D eigenvalue weighted by molar-refractivity contribution is 7.92. The predicted octanol–water partition coefficient (Wildman–Crippen LogP) is 1.54. The van der Waals surface area contributed by atoms with Gasteiger partial charge in [-0.25, -0.2) is 0 Å². The molecule has 0 N–H and O–H groups in total. The maximum atomic E-state index is 11.4. The molecule has 0 bridgehead atoms. The summed E-state index contributed by atoms with van der Waals surface area (Å²) >= 11 is -0.544. The molecule has 5 nitrogen and oxygen atoms in total. The molecule has 0 aromatic heterocycles. The van der Waals surface area contributed by atoms with Crippen LogP contribution in [0.5, 0.6) is 0 Å². The van der Waals surface area contributed by atoms with Gasteiger partial charge in [0.05, 0.1) is 32.2 Å². The Morgan fingerprint density at radius 1 is 1.08 bits per heavy atom. The fraction of sp³-hybridized carbons (Fsp3) is 0.947. The Morgan fingerprint density at radius 2 is 1.72 bits per heavy atom. The third kappa shape index (κ3) is 5.42. The number of likely N-dealkylation sites (tertiary alicyclic amines) is 1. The monoisotopic (exact) mass is 370 g/mol. The molecule has 0 aromatic carbocycles. The minimum atomic E-state index is -0.544.